The summed E-state index contributed by atoms with van der Waals surface area (Å²) in [5.74, 6) is 0.624. The van der Waals surface area contributed by atoms with Gasteiger partial charge in [-0.1, -0.05) is 25.9 Å². The zero-order chi connectivity index (χ0) is 11.3. The third kappa shape index (κ3) is 1.27. The summed E-state index contributed by atoms with van der Waals surface area (Å²) >= 11 is 0. The van der Waals surface area contributed by atoms with Gasteiger partial charge in [-0.2, -0.15) is 0 Å². The van der Waals surface area contributed by atoms with Gasteiger partial charge in [-0.05, 0) is 30.6 Å². The van der Waals surface area contributed by atoms with Crippen molar-refractivity contribution < 1.29 is 14.7 Å². The Morgan fingerprint density at radius 1 is 1.53 bits per heavy atom. The smallest absolute Gasteiger partial charge is 0.448 e. The van der Waals surface area contributed by atoms with Crippen LogP contribution in [0.1, 0.15) is 40.0 Å². The third-order valence-electron chi connectivity index (χ3n) is 4.75. The van der Waals surface area contributed by atoms with E-state index in [1.165, 1.54) is 6.42 Å². The van der Waals surface area contributed by atoms with Crippen molar-refractivity contribution >= 4 is 11.9 Å². The molecule has 84 valence electrons. The van der Waals surface area contributed by atoms with Gasteiger partial charge in [0.05, 0.1) is 5.71 Å². The molecule has 0 aromatic rings. The fourth-order valence-corrected chi connectivity index (χ4v) is 3.16. The maximum atomic E-state index is 10.3. The lowest BCUT2D eigenvalue weighted by atomic mass is 9.70. The molecule has 4 nitrogen and oxygen atoms in total. The van der Waals surface area contributed by atoms with Crippen LogP contribution in [0, 0.1) is 16.7 Å². The van der Waals surface area contributed by atoms with E-state index in [9.17, 15) is 4.79 Å². The Hall–Kier alpha value is -1.06. The first-order chi connectivity index (χ1) is 6.88. The fourth-order valence-electron chi connectivity index (χ4n) is 3.16. The number of hydrogen-bond acceptors (Lipinski definition) is 3. The number of oxime groups is 1. The Morgan fingerprint density at radius 3 is 2.60 bits per heavy atom. The molecule has 0 saturated heterocycles. The zero-order valence-electron chi connectivity index (χ0n) is 9.41. The normalized spacial score (nSPS) is 39.7. The molecule has 0 heterocycles. The first-order valence-corrected chi connectivity index (χ1v) is 5.35. The molecule has 2 saturated carbocycles. The molecule has 2 atom stereocenters. The summed E-state index contributed by atoms with van der Waals surface area (Å²) in [5, 5.41) is 12.2. The van der Waals surface area contributed by atoms with Crippen molar-refractivity contribution in [2.45, 2.75) is 40.0 Å². The van der Waals surface area contributed by atoms with Gasteiger partial charge in [-0.15, -0.1) is 0 Å². The van der Waals surface area contributed by atoms with E-state index >= 15 is 0 Å². The molecule has 2 rings (SSSR count). The second kappa shape index (κ2) is 2.97. The highest BCUT2D eigenvalue weighted by Gasteiger charge is 2.60. The average Bonchev–Trinajstić information content (AvgIpc) is 2.46. The van der Waals surface area contributed by atoms with Crippen LogP contribution in [0.25, 0.3) is 0 Å². The second-order valence-corrected chi connectivity index (χ2v) is 5.39. The van der Waals surface area contributed by atoms with Gasteiger partial charge in [0.25, 0.3) is 0 Å². The molecule has 0 spiro atoms. The topological polar surface area (TPSA) is 58.9 Å². The Bertz CT molecular complexity index is 335. The van der Waals surface area contributed by atoms with Crippen molar-refractivity contribution in [3.05, 3.63) is 0 Å². The van der Waals surface area contributed by atoms with Gasteiger partial charge >= 0.3 is 6.16 Å². The maximum Gasteiger partial charge on any atom is 0.532 e. The quantitative estimate of drug-likeness (QED) is 0.536. The molecule has 2 aliphatic carbocycles. The molecular formula is C11H17NO3. The van der Waals surface area contributed by atoms with Gasteiger partial charge in [-0.25, -0.2) is 4.79 Å². The van der Waals surface area contributed by atoms with Gasteiger partial charge in [0.15, 0.2) is 0 Å². The minimum absolute atomic E-state index is 0.0209. The van der Waals surface area contributed by atoms with E-state index < -0.39 is 6.16 Å². The molecule has 0 aromatic heterocycles. The molecule has 0 aliphatic heterocycles. The number of rotatable bonds is 1. The third-order valence-corrected chi connectivity index (χ3v) is 4.75. The highest BCUT2D eigenvalue weighted by atomic mass is 16.7. The van der Waals surface area contributed by atoms with Gasteiger partial charge < -0.3 is 5.11 Å². The predicted molar refractivity (Wildman–Crippen MR) is 55.8 cm³/mol. The van der Waals surface area contributed by atoms with E-state index in [1.54, 1.807) is 0 Å². The summed E-state index contributed by atoms with van der Waals surface area (Å²) < 4.78 is 0. The summed E-state index contributed by atoms with van der Waals surface area (Å²) in [6.45, 7) is 6.66. The van der Waals surface area contributed by atoms with Crippen molar-refractivity contribution in [2.75, 3.05) is 0 Å². The van der Waals surface area contributed by atoms with Crippen molar-refractivity contribution in [1.82, 2.24) is 0 Å². The van der Waals surface area contributed by atoms with Crippen molar-refractivity contribution in [3.8, 4) is 0 Å². The fraction of sp³-hybridized carbons (Fsp3) is 0.818. The van der Waals surface area contributed by atoms with Crippen molar-refractivity contribution in [3.63, 3.8) is 0 Å². The molecule has 2 fully saturated rings. The molecule has 15 heavy (non-hydrogen) atoms. The standard InChI is InChI=1S/C11H17NO3/c1-10(2)7-4-5-11(10,3)8(6-7)12-15-9(13)14/h7H,4-6H2,1-3H3,(H,13,14)/b12-8-/t7-,11-/m0/s1. The molecular weight excluding hydrogens is 194 g/mol. The lowest BCUT2D eigenvalue weighted by Gasteiger charge is -2.34. The van der Waals surface area contributed by atoms with Gasteiger partial charge in [0.1, 0.15) is 0 Å². The SMILES string of the molecule is CC1(C)[C@H]2CC[C@@]1(C)/C(=N\OC(=O)O)C2. The summed E-state index contributed by atoms with van der Waals surface area (Å²) in [4.78, 5) is 14.6. The van der Waals surface area contributed by atoms with Crippen LogP contribution in [0.4, 0.5) is 4.79 Å². The van der Waals surface area contributed by atoms with E-state index in [2.05, 4.69) is 30.8 Å². The Labute approximate surface area is 89.3 Å². The molecule has 4 heteroatoms. The summed E-state index contributed by atoms with van der Waals surface area (Å²) in [5.41, 5.74) is 1.16. The molecule has 0 unspecified atom stereocenters. The van der Waals surface area contributed by atoms with E-state index in [1.807, 2.05) is 0 Å². The van der Waals surface area contributed by atoms with Gasteiger partial charge in [-0.3, -0.25) is 4.84 Å². The molecule has 2 aliphatic rings. The molecule has 2 bridgehead atoms. The minimum atomic E-state index is -1.33. The average molecular weight is 211 g/mol. The number of carboxylic acid groups (broad SMARTS) is 1. The lowest BCUT2D eigenvalue weighted by molar-refractivity contribution is 0.0926. The van der Waals surface area contributed by atoms with Crippen LogP contribution in [0.5, 0.6) is 0 Å². The van der Waals surface area contributed by atoms with E-state index in [0.717, 1.165) is 18.6 Å². The Balaban J connectivity index is 2.26. The van der Waals surface area contributed by atoms with Crippen LogP contribution < -0.4 is 0 Å². The summed E-state index contributed by atoms with van der Waals surface area (Å²) in [6.07, 6.45) is 1.87. The molecule has 0 radical (unpaired) electrons. The highest BCUT2D eigenvalue weighted by Crippen LogP contribution is 2.63. The number of carbonyl (C=O) groups is 1. The van der Waals surface area contributed by atoms with Gasteiger partial charge in [0.2, 0.25) is 0 Å². The highest BCUT2D eigenvalue weighted by molar-refractivity contribution is 5.94. The molecule has 0 aromatic carbocycles. The first kappa shape index (κ1) is 10.5. The van der Waals surface area contributed by atoms with Gasteiger partial charge in [0, 0.05) is 5.41 Å². The molecule has 0 amide bonds. The lowest BCUT2D eigenvalue weighted by Crippen LogP contribution is -2.32. The molecule has 1 N–H and O–H groups in total. The maximum absolute atomic E-state index is 10.3. The number of fused-ring (bicyclic) bond motifs is 2. The minimum Gasteiger partial charge on any atom is -0.448 e. The monoisotopic (exact) mass is 211 g/mol. The van der Waals surface area contributed by atoms with Crippen LogP contribution in [0.15, 0.2) is 5.16 Å². The van der Waals surface area contributed by atoms with Crippen LogP contribution >= 0.6 is 0 Å². The Morgan fingerprint density at radius 2 is 2.20 bits per heavy atom. The summed E-state index contributed by atoms with van der Waals surface area (Å²) in [7, 11) is 0. The van der Waals surface area contributed by atoms with Crippen LogP contribution in [0.2, 0.25) is 0 Å². The number of hydrogen-bond donors (Lipinski definition) is 1. The second-order valence-electron chi connectivity index (χ2n) is 5.39. The first-order valence-electron chi connectivity index (χ1n) is 5.35. The number of nitrogens with zero attached hydrogens (tertiary/aromatic N) is 1. The van der Waals surface area contributed by atoms with Crippen molar-refractivity contribution in [2.24, 2.45) is 21.9 Å². The van der Waals surface area contributed by atoms with E-state index in [-0.39, 0.29) is 10.8 Å². The van der Waals surface area contributed by atoms with E-state index in [4.69, 9.17) is 5.11 Å². The largest absolute Gasteiger partial charge is 0.532 e. The zero-order valence-corrected chi connectivity index (χ0v) is 9.41. The van der Waals surface area contributed by atoms with Crippen LogP contribution in [-0.4, -0.2) is 17.0 Å². The Kier molecular flexibility index (Phi) is 2.07. The predicted octanol–water partition coefficient (Wildman–Crippen LogP) is 2.88. The summed E-state index contributed by atoms with van der Waals surface area (Å²) in [6, 6.07) is 0. The van der Waals surface area contributed by atoms with Crippen molar-refractivity contribution in [1.29, 1.82) is 0 Å². The van der Waals surface area contributed by atoms with E-state index in [0.29, 0.717) is 5.92 Å². The van der Waals surface area contributed by atoms with Crippen LogP contribution in [-0.2, 0) is 4.84 Å². The van der Waals surface area contributed by atoms with Crippen LogP contribution in [0.3, 0.4) is 0 Å².